The normalized spacial score (nSPS) is 15.6. The van der Waals surface area contributed by atoms with Crippen LogP contribution in [0.3, 0.4) is 0 Å². The minimum Gasteiger partial charge on any atom is -0.436 e. The molecule has 11 heteroatoms. The number of oxazole rings is 1. The van der Waals surface area contributed by atoms with Crippen molar-refractivity contribution in [2.45, 2.75) is 22.6 Å². The maximum absolute atomic E-state index is 13.0. The summed E-state index contributed by atoms with van der Waals surface area (Å²) >= 11 is 0. The molecule has 9 nitrogen and oxygen atoms in total. The molecule has 192 valence electrons. The molecule has 5 rings (SSSR count). The number of sulfonamides is 1. The summed E-state index contributed by atoms with van der Waals surface area (Å²) in [6.45, 7) is 0.399. The quantitative estimate of drug-likeness (QED) is 0.393. The Morgan fingerprint density at radius 2 is 1.51 bits per heavy atom. The summed E-state index contributed by atoms with van der Waals surface area (Å²) in [6.07, 6.45) is 1.83. The summed E-state index contributed by atoms with van der Waals surface area (Å²) in [7, 11) is -7.20. The van der Waals surface area contributed by atoms with Gasteiger partial charge in [-0.15, -0.1) is 0 Å². The van der Waals surface area contributed by atoms with Crippen molar-refractivity contribution < 1.29 is 26.0 Å². The second kappa shape index (κ2) is 9.73. The van der Waals surface area contributed by atoms with Gasteiger partial charge < -0.3 is 9.73 Å². The molecule has 3 aromatic carbocycles. The lowest BCUT2D eigenvalue weighted by atomic mass is 9.97. The van der Waals surface area contributed by atoms with Crippen LogP contribution in [0.1, 0.15) is 12.8 Å². The van der Waals surface area contributed by atoms with Crippen LogP contribution in [0.5, 0.6) is 0 Å². The van der Waals surface area contributed by atoms with Crippen molar-refractivity contribution in [3.8, 4) is 11.5 Å². The number of anilines is 1. The summed E-state index contributed by atoms with van der Waals surface area (Å²) in [5, 5.41) is 2.91. The Kier molecular flexibility index (Phi) is 6.61. The number of benzene rings is 3. The predicted molar refractivity (Wildman–Crippen MR) is 139 cm³/mol. The van der Waals surface area contributed by atoms with Gasteiger partial charge in [0.2, 0.25) is 21.8 Å². The van der Waals surface area contributed by atoms with Crippen molar-refractivity contribution >= 4 is 42.6 Å². The van der Waals surface area contributed by atoms with Crippen LogP contribution >= 0.6 is 0 Å². The maximum atomic E-state index is 13.0. The number of nitrogens with one attached hydrogen (secondary N) is 1. The third-order valence-electron chi connectivity index (χ3n) is 6.41. The fourth-order valence-electron chi connectivity index (χ4n) is 4.30. The Morgan fingerprint density at radius 1 is 0.892 bits per heavy atom. The van der Waals surface area contributed by atoms with Gasteiger partial charge in [0, 0.05) is 36.5 Å². The van der Waals surface area contributed by atoms with Gasteiger partial charge in [0.15, 0.2) is 15.4 Å². The highest BCUT2D eigenvalue weighted by Crippen LogP contribution is 2.28. The molecule has 0 unspecified atom stereocenters. The molecule has 1 aliphatic heterocycles. The smallest absolute Gasteiger partial charge is 0.243 e. The first-order valence-corrected chi connectivity index (χ1v) is 15.0. The van der Waals surface area contributed by atoms with Crippen LogP contribution in [0, 0.1) is 5.92 Å². The number of fused-ring (bicyclic) bond motifs is 1. The summed E-state index contributed by atoms with van der Waals surface area (Å²) < 4.78 is 56.4. The molecule has 0 radical (unpaired) electrons. The molecule has 0 atom stereocenters. The number of carbonyl (C=O) groups is 1. The molecule has 0 spiro atoms. The number of aromatic nitrogens is 1. The molecule has 1 saturated heterocycles. The van der Waals surface area contributed by atoms with Crippen molar-refractivity contribution in [3.63, 3.8) is 0 Å². The standard InChI is InChI=1S/C26H25N3O6S2/c1-36(31,32)21-10-12-22(13-11-21)37(33,34)29-16-14-18(15-17-29)25(30)27-20-8-6-19(7-9-20)26-28-23-4-2-3-5-24(23)35-26/h2-13,18H,14-17H2,1H3,(H,27,30). The van der Waals surface area contributed by atoms with E-state index in [0.29, 0.717) is 30.0 Å². The minimum absolute atomic E-state index is 0.0295. The SMILES string of the molecule is CS(=O)(=O)c1ccc(S(=O)(=O)N2CCC(C(=O)Nc3ccc(-c4nc5ccccc5o4)cc3)CC2)cc1. The first-order valence-electron chi connectivity index (χ1n) is 11.7. The molecule has 2 heterocycles. The molecular formula is C26H25N3O6S2. The van der Waals surface area contributed by atoms with Gasteiger partial charge in [0.1, 0.15) is 5.52 Å². The molecular weight excluding hydrogens is 514 g/mol. The summed E-state index contributed by atoms with van der Waals surface area (Å²) in [5.74, 6) is 0.0126. The van der Waals surface area contributed by atoms with Crippen LogP contribution in [0.4, 0.5) is 5.69 Å². The summed E-state index contributed by atoms with van der Waals surface area (Å²) in [4.78, 5) is 17.4. The summed E-state index contributed by atoms with van der Waals surface area (Å²) in [5.41, 5.74) is 2.89. The predicted octanol–water partition coefficient (Wildman–Crippen LogP) is 3.94. The van der Waals surface area contributed by atoms with Gasteiger partial charge in [0.05, 0.1) is 9.79 Å². The van der Waals surface area contributed by atoms with E-state index in [2.05, 4.69) is 10.3 Å². The van der Waals surface area contributed by atoms with Gasteiger partial charge >= 0.3 is 0 Å². The lowest BCUT2D eigenvalue weighted by molar-refractivity contribution is -0.120. The van der Waals surface area contributed by atoms with Crippen LogP contribution < -0.4 is 5.32 Å². The third kappa shape index (κ3) is 5.29. The van der Waals surface area contributed by atoms with Gasteiger partial charge in [-0.05, 0) is 73.5 Å². The zero-order valence-electron chi connectivity index (χ0n) is 20.0. The average Bonchev–Trinajstić information content (AvgIpc) is 3.33. The molecule has 1 aliphatic rings. The zero-order chi connectivity index (χ0) is 26.2. The molecule has 0 aliphatic carbocycles. The topological polar surface area (TPSA) is 127 Å². The lowest BCUT2D eigenvalue weighted by Gasteiger charge is -2.30. The number of sulfone groups is 1. The van der Waals surface area contributed by atoms with E-state index in [1.54, 1.807) is 12.1 Å². The lowest BCUT2D eigenvalue weighted by Crippen LogP contribution is -2.41. The number of hydrogen-bond donors (Lipinski definition) is 1. The number of hydrogen-bond acceptors (Lipinski definition) is 7. The highest BCUT2D eigenvalue weighted by Gasteiger charge is 2.32. The Bertz CT molecular complexity index is 1620. The van der Waals surface area contributed by atoms with E-state index in [1.165, 1.54) is 28.6 Å². The van der Waals surface area contributed by atoms with Gasteiger partial charge in [-0.3, -0.25) is 4.79 Å². The van der Waals surface area contributed by atoms with E-state index in [-0.39, 0.29) is 34.7 Å². The van der Waals surface area contributed by atoms with E-state index >= 15 is 0 Å². The van der Waals surface area contributed by atoms with E-state index in [4.69, 9.17) is 4.42 Å². The van der Waals surface area contributed by atoms with E-state index in [1.807, 2.05) is 36.4 Å². The second-order valence-electron chi connectivity index (χ2n) is 8.98. The van der Waals surface area contributed by atoms with Crippen molar-refractivity contribution in [2.75, 3.05) is 24.7 Å². The Labute approximate surface area is 215 Å². The van der Waals surface area contributed by atoms with E-state index in [9.17, 15) is 21.6 Å². The Balaban J connectivity index is 1.19. The largest absolute Gasteiger partial charge is 0.436 e. The third-order valence-corrected chi connectivity index (χ3v) is 9.45. The average molecular weight is 540 g/mol. The molecule has 1 N–H and O–H groups in total. The van der Waals surface area contributed by atoms with Crippen molar-refractivity contribution in [1.82, 2.24) is 9.29 Å². The highest BCUT2D eigenvalue weighted by molar-refractivity contribution is 7.90. The van der Waals surface area contributed by atoms with Gasteiger partial charge in [-0.25, -0.2) is 21.8 Å². The number of para-hydroxylation sites is 2. The minimum atomic E-state index is -3.78. The van der Waals surface area contributed by atoms with Crippen molar-refractivity contribution in [3.05, 3.63) is 72.8 Å². The summed E-state index contributed by atoms with van der Waals surface area (Å²) in [6, 6.07) is 19.9. The van der Waals surface area contributed by atoms with E-state index in [0.717, 1.165) is 17.3 Å². The fourth-order valence-corrected chi connectivity index (χ4v) is 6.40. The molecule has 0 saturated carbocycles. The second-order valence-corrected chi connectivity index (χ2v) is 12.9. The van der Waals surface area contributed by atoms with Crippen molar-refractivity contribution in [2.24, 2.45) is 5.92 Å². The molecule has 1 amide bonds. The number of nitrogens with zero attached hydrogens (tertiary/aromatic N) is 2. The van der Waals surface area contributed by atoms with Crippen LogP contribution in [0.2, 0.25) is 0 Å². The number of amides is 1. The Morgan fingerprint density at radius 3 is 2.14 bits per heavy atom. The van der Waals surface area contributed by atoms with Gasteiger partial charge in [-0.2, -0.15) is 4.31 Å². The van der Waals surface area contributed by atoms with Crippen LogP contribution in [-0.2, 0) is 24.7 Å². The molecule has 4 aromatic rings. The highest BCUT2D eigenvalue weighted by atomic mass is 32.2. The molecule has 0 bridgehead atoms. The first-order chi connectivity index (χ1) is 17.6. The monoisotopic (exact) mass is 539 g/mol. The molecule has 1 fully saturated rings. The van der Waals surface area contributed by atoms with Crippen LogP contribution in [-0.4, -0.2) is 51.4 Å². The van der Waals surface area contributed by atoms with Crippen LogP contribution in [0.15, 0.2) is 87.0 Å². The van der Waals surface area contributed by atoms with Gasteiger partial charge in [0.25, 0.3) is 0 Å². The zero-order valence-corrected chi connectivity index (χ0v) is 21.6. The fraction of sp³-hybridized carbons (Fsp3) is 0.231. The first kappa shape index (κ1) is 25.1. The molecule has 1 aromatic heterocycles. The number of piperidine rings is 1. The van der Waals surface area contributed by atoms with E-state index < -0.39 is 19.9 Å². The van der Waals surface area contributed by atoms with Crippen LogP contribution in [0.25, 0.3) is 22.6 Å². The number of carbonyl (C=O) groups excluding carboxylic acids is 1. The van der Waals surface area contributed by atoms with Gasteiger partial charge in [-0.1, -0.05) is 12.1 Å². The maximum Gasteiger partial charge on any atom is 0.243 e. The molecule has 37 heavy (non-hydrogen) atoms. The Hall–Kier alpha value is -3.54. The number of rotatable bonds is 6. The van der Waals surface area contributed by atoms with Crippen molar-refractivity contribution in [1.29, 1.82) is 0 Å².